The molecule has 0 fully saturated rings. The molecule has 2 aromatic carbocycles. The predicted octanol–water partition coefficient (Wildman–Crippen LogP) is 3.46. The van der Waals surface area contributed by atoms with Gasteiger partial charge in [0, 0.05) is 19.7 Å². The van der Waals surface area contributed by atoms with Gasteiger partial charge >= 0.3 is 6.03 Å². The van der Waals surface area contributed by atoms with Crippen LogP contribution in [0.1, 0.15) is 0 Å². The van der Waals surface area contributed by atoms with E-state index in [2.05, 4.69) is 5.32 Å². The maximum atomic E-state index is 11.8. The third kappa shape index (κ3) is 3.09. The van der Waals surface area contributed by atoms with Crippen LogP contribution in [0.15, 0.2) is 48.5 Å². The fraction of sp³-hybridized carbons (Fsp3) is 0.188. The Labute approximate surface area is 119 Å². The molecule has 0 spiro atoms. The van der Waals surface area contributed by atoms with Crippen LogP contribution < -0.4 is 10.1 Å². The molecule has 104 valence electrons. The Bertz CT molecular complexity index is 595. The van der Waals surface area contributed by atoms with Gasteiger partial charge in [-0.3, -0.25) is 0 Å². The van der Waals surface area contributed by atoms with Gasteiger partial charge in [0.05, 0.1) is 12.8 Å². The molecule has 0 aliphatic heterocycles. The first-order valence-corrected chi connectivity index (χ1v) is 6.33. The molecular formula is C16H18N2O2. The summed E-state index contributed by atoms with van der Waals surface area (Å²) in [6.07, 6.45) is 0. The molecule has 20 heavy (non-hydrogen) atoms. The van der Waals surface area contributed by atoms with E-state index in [-0.39, 0.29) is 6.03 Å². The first kappa shape index (κ1) is 13.9. The molecule has 0 aliphatic carbocycles. The third-order valence-corrected chi connectivity index (χ3v) is 2.96. The minimum Gasteiger partial charge on any atom is -0.497 e. The lowest BCUT2D eigenvalue weighted by molar-refractivity contribution is 0.230. The van der Waals surface area contributed by atoms with Gasteiger partial charge in [-0.25, -0.2) is 4.79 Å². The van der Waals surface area contributed by atoms with Gasteiger partial charge in [0.1, 0.15) is 5.75 Å². The van der Waals surface area contributed by atoms with E-state index in [0.717, 1.165) is 22.6 Å². The number of nitrogens with zero attached hydrogens (tertiary/aromatic N) is 1. The average Bonchev–Trinajstić information content (AvgIpc) is 2.48. The van der Waals surface area contributed by atoms with Crippen molar-refractivity contribution in [3.8, 4) is 16.9 Å². The molecule has 4 heteroatoms. The van der Waals surface area contributed by atoms with Crippen molar-refractivity contribution in [1.82, 2.24) is 4.90 Å². The second-order valence-electron chi connectivity index (χ2n) is 4.60. The van der Waals surface area contributed by atoms with Gasteiger partial charge in [-0.15, -0.1) is 0 Å². The highest BCUT2D eigenvalue weighted by Gasteiger charge is 2.10. The van der Waals surface area contributed by atoms with Gasteiger partial charge in [-0.05, 0) is 23.8 Å². The largest absolute Gasteiger partial charge is 0.497 e. The highest BCUT2D eigenvalue weighted by Crippen LogP contribution is 2.31. The minimum atomic E-state index is -0.160. The minimum absolute atomic E-state index is 0.160. The van der Waals surface area contributed by atoms with Crippen LogP contribution >= 0.6 is 0 Å². The van der Waals surface area contributed by atoms with E-state index in [1.165, 1.54) is 4.90 Å². The topological polar surface area (TPSA) is 41.6 Å². The van der Waals surface area contributed by atoms with Crippen LogP contribution in [0.3, 0.4) is 0 Å². The van der Waals surface area contributed by atoms with Crippen molar-refractivity contribution in [1.29, 1.82) is 0 Å². The first-order chi connectivity index (χ1) is 9.61. The van der Waals surface area contributed by atoms with E-state index in [4.69, 9.17) is 4.74 Å². The summed E-state index contributed by atoms with van der Waals surface area (Å²) >= 11 is 0. The van der Waals surface area contributed by atoms with Crippen molar-refractivity contribution in [2.45, 2.75) is 0 Å². The quantitative estimate of drug-likeness (QED) is 0.928. The summed E-state index contributed by atoms with van der Waals surface area (Å²) in [6.45, 7) is 0. The molecule has 0 saturated heterocycles. The number of carbonyl (C=O) groups is 1. The SMILES string of the molecule is COc1ccc(NC(=O)N(C)C)c(-c2ccccc2)c1. The molecule has 1 N–H and O–H groups in total. The number of nitrogens with one attached hydrogen (secondary N) is 1. The standard InChI is InChI=1S/C16H18N2O2/c1-18(2)16(19)17-15-10-9-13(20-3)11-14(15)12-7-5-4-6-8-12/h4-11H,1-3H3,(H,17,19). The summed E-state index contributed by atoms with van der Waals surface area (Å²) in [5.74, 6) is 0.756. The lowest BCUT2D eigenvalue weighted by atomic mass is 10.0. The number of benzene rings is 2. The summed E-state index contributed by atoms with van der Waals surface area (Å²) in [5.41, 5.74) is 2.72. The Hall–Kier alpha value is -2.49. The molecule has 2 aromatic rings. The van der Waals surface area contributed by atoms with Crippen molar-refractivity contribution in [3.05, 3.63) is 48.5 Å². The molecule has 0 bridgehead atoms. The van der Waals surface area contributed by atoms with E-state index in [9.17, 15) is 4.79 Å². The summed E-state index contributed by atoms with van der Waals surface area (Å²) < 4.78 is 5.26. The lowest BCUT2D eigenvalue weighted by Gasteiger charge is -2.16. The smallest absolute Gasteiger partial charge is 0.321 e. The summed E-state index contributed by atoms with van der Waals surface area (Å²) in [6, 6.07) is 15.3. The number of methoxy groups -OCH3 is 1. The van der Waals surface area contributed by atoms with Crippen molar-refractivity contribution < 1.29 is 9.53 Å². The molecule has 2 rings (SSSR count). The fourth-order valence-corrected chi connectivity index (χ4v) is 1.84. The molecule has 0 radical (unpaired) electrons. The van der Waals surface area contributed by atoms with E-state index >= 15 is 0 Å². The van der Waals surface area contributed by atoms with E-state index in [1.54, 1.807) is 21.2 Å². The number of ether oxygens (including phenoxy) is 1. The van der Waals surface area contributed by atoms with Crippen LogP contribution in [0.2, 0.25) is 0 Å². The average molecular weight is 270 g/mol. The fourth-order valence-electron chi connectivity index (χ4n) is 1.84. The number of carbonyl (C=O) groups excluding carboxylic acids is 1. The highest BCUT2D eigenvalue weighted by atomic mass is 16.5. The first-order valence-electron chi connectivity index (χ1n) is 6.33. The second kappa shape index (κ2) is 6.10. The van der Waals surface area contributed by atoms with Crippen molar-refractivity contribution in [2.24, 2.45) is 0 Å². The number of urea groups is 1. The lowest BCUT2D eigenvalue weighted by Crippen LogP contribution is -2.27. The normalized spacial score (nSPS) is 9.95. The van der Waals surface area contributed by atoms with Crippen molar-refractivity contribution in [2.75, 3.05) is 26.5 Å². The molecule has 0 saturated carbocycles. The summed E-state index contributed by atoms with van der Waals surface area (Å²) in [5, 5.41) is 2.89. The molecule has 0 aliphatic rings. The van der Waals surface area contributed by atoms with Crippen LogP contribution in [0, 0.1) is 0 Å². The van der Waals surface area contributed by atoms with Gasteiger partial charge in [0.15, 0.2) is 0 Å². The zero-order chi connectivity index (χ0) is 14.5. The van der Waals surface area contributed by atoms with E-state index < -0.39 is 0 Å². The molecule has 0 atom stereocenters. The van der Waals surface area contributed by atoms with Crippen LogP contribution in [0.25, 0.3) is 11.1 Å². The van der Waals surface area contributed by atoms with Crippen LogP contribution in [0.5, 0.6) is 5.75 Å². The summed E-state index contributed by atoms with van der Waals surface area (Å²) in [4.78, 5) is 13.3. The van der Waals surface area contributed by atoms with E-state index in [0.29, 0.717) is 0 Å². The zero-order valence-electron chi connectivity index (χ0n) is 11.9. The van der Waals surface area contributed by atoms with Crippen LogP contribution in [-0.4, -0.2) is 32.1 Å². The van der Waals surface area contributed by atoms with Crippen molar-refractivity contribution in [3.63, 3.8) is 0 Å². The monoisotopic (exact) mass is 270 g/mol. The molecule has 2 amide bonds. The number of anilines is 1. The summed E-state index contributed by atoms with van der Waals surface area (Å²) in [7, 11) is 5.05. The molecule has 4 nitrogen and oxygen atoms in total. The van der Waals surface area contributed by atoms with Crippen LogP contribution in [-0.2, 0) is 0 Å². The van der Waals surface area contributed by atoms with Gasteiger partial charge in [0.25, 0.3) is 0 Å². The third-order valence-electron chi connectivity index (χ3n) is 2.96. The highest BCUT2D eigenvalue weighted by molar-refractivity contribution is 5.94. The van der Waals surface area contributed by atoms with Gasteiger partial charge in [0.2, 0.25) is 0 Å². The number of hydrogen-bond donors (Lipinski definition) is 1. The molecule has 0 unspecified atom stereocenters. The Morgan fingerprint density at radius 2 is 1.80 bits per heavy atom. The zero-order valence-corrected chi connectivity index (χ0v) is 11.9. The Kier molecular flexibility index (Phi) is 4.25. The predicted molar refractivity (Wildman–Crippen MR) is 81.1 cm³/mol. The maximum Gasteiger partial charge on any atom is 0.321 e. The van der Waals surface area contributed by atoms with Gasteiger partial charge < -0.3 is 15.0 Å². The molecular weight excluding hydrogens is 252 g/mol. The Morgan fingerprint density at radius 1 is 1.10 bits per heavy atom. The second-order valence-corrected chi connectivity index (χ2v) is 4.60. The van der Waals surface area contributed by atoms with E-state index in [1.807, 2.05) is 48.5 Å². The Morgan fingerprint density at radius 3 is 2.40 bits per heavy atom. The molecule has 0 heterocycles. The van der Waals surface area contributed by atoms with Crippen molar-refractivity contribution >= 4 is 11.7 Å². The van der Waals surface area contributed by atoms with Gasteiger partial charge in [-0.2, -0.15) is 0 Å². The number of hydrogen-bond acceptors (Lipinski definition) is 2. The van der Waals surface area contributed by atoms with Gasteiger partial charge in [-0.1, -0.05) is 30.3 Å². The number of rotatable bonds is 3. The maximum absolute atomic E-state index is 11.8. The molecule has 0 aromatic heterocycles. The number of amides is 2. The van der Waals surface area contributed by atoms with Crippen LogP contribution in [0.4, 0.5) is 10.5 Å². The Balaban J connectivity index is 2.44.